The van der Waals surface area contributed by atoms with Crippen LogP contribution in [0.3, 0.4) is 0 Å². The van der Waals surface area contributed by atoms with E-state index >= 15 is 0 Å². The zero-order chi connectivity index (χ0) is 18.8. The SMILES string of the molecule is O=C([C@H]1COCCN1)N1CCOc2c(O)cc(-c3cccc(Cl)c3)cc2C1. The Kier molecular flexibility index (Phi) is 5.20. The quantitative estimate of drug-likeness (QED) is 0.826. The maximum atomic E-state index is 12.8. The summed E-state index contributed by atoms with van der Waals surface area (Å²) in [5, 5.41) is 14.3. The number of hydrogen-bond donors (Lipinski definition) is 2. The van der Waals surface area contributed by atoms with Crippen LogP contribution in [0.2, 0.25) is 5.02 Å². The molecule has 1 amide bonds. The molecular weight excluding hydrogens is 368 g/mol. The summed E-state index contributed by atoms with van der Waals surface area (Å²) in [6.45, 7) is 2.81. The zero-order valence-corrected chi connectivity index (χ0v) is 15.5. The van der Waals surface area contributed by atoms with Gasteiger partial charge in [-0.3, -0.25) is 4.79 Å². The van der Waals surface area contributed by atoms with Crippen LogP contribution in [-0.2, 0) is 16.1 Å². The molecule has 2 aromatic rings. The fourth-order valence-corrected chi connectivity index (χ4v) is 3.66. The Morgan fingerprint density at radius 1 is 1.22 bits per heavy atom. The first-order valence-electron chi connectivity index (χ1n) is 8.96. The van der Waals surface area contributed by atoms with Crippen LogP contribution < -0.4 is 10.1 Å². The van der Waals surface area contributed by atoms with Crippen molar-refractivity contribution >= 4 is 17.5 Å². The third-order valence-corrected chi connectivity index (χ3v) is 5.04. The minimum absolute atomic E-state index is 0.0150. The molecule has 2 heterocycles. The second kappa shape index (κ2) is 7.76. The molecule has 0 bridgehead atoms. The van der Waals surface area contributed by atoms with E-state index in [4.69, 9.17) is 21.1 Å². The van der Waals surface area contributed by atoms with E-state index in [1.165, 1.54) is 0 Å². The molecule has 142 valence electrons. The summed E-state index contributed by atoms with van der Waals surface area (Å²) in [6, 6.07) is 10.7. The number of hydrogen-bond acceptors (Lipinski definition) is 5. The number of halogens is 1. The van der Waals surface area contributed by atoms with Crippen LogP contribution in [0.4, 0.5) is 0 Å². The van der Waals surface area contributed by atoms with Crippen molar-refractivity contribution in [3.8, 4) is 22.6 Å². The van der Waals surface area contributed by atoms with Crippen LogP contribution in [0.5, 0.6) is 11.5 Å². The first-order valence-corrected chi connectivity index (χ1v) is 9.34. The van der Waals surface area contributed by atoms with Gasteiger partial charge in [-0.15, -0.1) is 0 Å². The number of nitrogens with one attached hydrogen (secondary N) is 1. The molecule has 2 N–H and O–H groups in total. The molecule has 0 aromatic heterocycles. The number of phenolic OH excluding ortho intramolecular Hbond substituents is 1. The molecule has 1 atom stereocenters. The Hall–Kier alpha value is -2.28. The van der Waals surface area contributed by atoms with Crippen molar-refractivity contribution in [2.24, 2.45) is 0 Å². The van der Waals surface area contributed by atoms with Crippen LogP contribution in [0.15, 0.2) is 36.4 Å². The van der Waals surface area contributed by atoms with Crippen molar-refractivity contribution in [1.82, 2.24) is 10.2 Å². The monoisotopic (exact) mass is 388 g/mol. The van der Waals surface area contributed by atoms with E-state index < -0.39 is 0 Å². The molecule has 2 aliphatic heterocycles. The average molecular weight is 389 g/mol. The van der Waals surface area contributed by atoms with Gasteiger partial charge in [0.2, 0.25) is 5.91 Å². The fraction of sp³-hybridized carbons (Fsp3) is 0.350. The van der Waals surface area contributed by atoms with Crippen LogP contribution in [0.1, 0.15) is 5.56 Å². The number of benzene rings is 2. The third-order valence-electron chi connectivity index (χ3n) is 4.80. The lowest BCUT2D eigenvalue weighted by atomic mass is 10.0. The van der Waals surface area contributed by atoms with Gasteiger partial charge in [-0.25, -0.2) is 0 Å². The summed E-state index contributed by atoms with van der Waals surface area (Å²) in [5.74, 6) is 0.485. The first-order chi connectivity index (χ1) is 13.1. The van der Waals surface area contributed by atoms with Crippen molar-refractivity contribution in [3.63, 3.8) is 0 Å². The number of nitrogens with zero attached hydrogens (tertiary/aromatic N) is 1. The molecule has 2 aromatic carbocycles. The standard InChI is InChI=1S/C20H21ClN2O4/c21-16-3-1-2-13(9-16)14-8-15-11-23(5-7-27-19(15)18(24)10-14)20(25)17-12-26-6-4-22-17/h1-3,8-10,17,22,24H,4-7,11-12H2/t17-/m1/s1. The number of ether oxygens (including phenoxy) is 2. The Morgan fingerprint density at radius 2 is 2.11 bits per heavy atom. The highest BCUT2D eigenvalue weighted by molar-refractivity contribution is 6.30. The van der Waals surface area contributed by atoms with E-state index in [1.807, 2.05) is 24.3 Å². The molecule has 1 fully saturated rings. The fourth-order valence-electron chi connectivity index (χ4n) is 3.47. The first kappa shape index (κ1) is 18.1. The topological polar surface area (TPSA) is 71.0 Å². The smallest absolute Gasteiger partial charge is 0.242 e. The molecule has 6 nitrogen and oxygen atoms in total. The number of carbonyl (C=O) groups excluding carboxylic acids is 1. The van der Waals surface area contributed by atoms with Crippen LogP contribution in [0.25, 0.3) is 11.1 Å². The molecule has 0 unspecified atom stereocenters. The van der Waals surface area contributed by atoms with E-state index in [0.717, 1.165) is 16.7 Å². The summed E-state index contributed by atoms with van der Waals surface area (Å²) in [7, 11) is 0. The number of amides is 1. The largest absolute Gasteiger partial charge is 0.504 e. The van der Waals surface area contributed by atoms with Crippen LogP contribution >= 0.6 is 11.6 Å². The molecule has 7 heteroatoms. The third kappa shape index (κ3) is 3.88. The van der Waals surface area contributed by atoms with Gasteiger partial charge < -0.3 is 24.8 Å². The molecule has 0 radical (unpaired) electrons. The highest BCUT2D eigenvalue weighted by Crippen LogP contribution is 2.38. The van der Waals surface area contributed by atoms with Gasteiger partial charge in [-0.05, 0) is 35.4 Å². The van der Waals surface area contributed by atoms with E-state index in [2.05, 4.69) is 5.32 Å². The highest BCUT2D eigenvalue weighted by Gasteiger charge is 2.29. The molecule has 27 heavy (non-hydrogen) atoms. The van der Waals surface area contributed by atoms with Gasteiger partial charge in [0.1, 0.15) is 12.6 Å². The molecule has 4 rings (SSSR count). The summed E-state index contributed by atoms with van der Waals surface area (Å²) < 4.78 is 11.1. The number of morpholine rings is 1. The Balaban J connectivity index is 1.63. The normalized spacial score (nSPS) is 19.7. The van der Waals surface area contributed by atoms with Gasteiger partial charge in [0.25, 0.3) is 0 Å². The van der Waals surface area contributed by atoms with Gasteiger partial charge in [0.05, 0.1) is 19.8 Å². The van der Waals surface area contributed by atoms with Gasteiger partial charge in [0, 0.05) is 23.7 Å². The van der Waals surface area contributed by atoms with Crippen molar-refractivity contribution in [2.75, 3.05) is 32.9 Å². The van der Waals surface area contributed by atoms with Crippen molar-refractivity contribution in [2.45, 2.75) is 12.6 Å². The van der Waals surface area contributed by atoms with Gasteiger partial charge in [-0.1, -0.05) is 23.7 Å². The van der Waals surface area contributed by atoms with E-state index in [0.29, 0.717) is 50.2 Å². The molecular formula is C20H21ClN2O4. The Bertz CT molecular complexity index is 852. The van der Waals surface area contributed by atoms with Gasteiger partial charge in [-0.2, -0.15) is 0 Å². The Labute approximate surface area is 162 Å². The predicted octanol–water partition coefficient (Wildman–Crippen LogP) is 2.42. The predicted molar refractivity (Wildman–Crippen MR) is 102 cm³/mol. The lowest BCUT2D eigenvalue weighted by Crippen LogP contribution is -2.52. The minimum atomic E-state index is -0.343. The lowest BCUT2D eigenvalue weighted by Gasteiger charge is -2.29. The second-order valence-corrected chi connectivity index (χ2v) is 7.12. The minimum Gasteiger partial charge on any atom is -0.504 e. The number of rotatable bonds is 2. The van der Waals surface area contributed by atoms with E-state index in [1.54, 1.807) is 17.0 Å². The Morgan fingerprint density at radius 3 is 2.89 bits per heavy atom. The van der Waals surface area contributed by atoms with E-state index in [9.17, 15) is 9.90 Å². The number of aromatic hydroxyl groups is 1. The van der Waals surface area contributed by atoms with Gasteiger partial charge in [0.15, 0.2) is 11.5 Å². The lowest BCUT2D eigenvalue weighted by molar-refractivity contribution is -0.137. The summed E-state index contributed by atoms with van der Waals surface area (Å²) in [4.78, 5) is 14.6. The van der Waals surface area contributed by atoms with Crippen molar-refractivity contribution in [1.29, 1.82) is 0 Å². The second-order valence-electron chi connectivity index (χ2n) is 6.68. The molecule has 0 saturated carbocycles. The summed E-state index contributed by atoms with van der Waals surface area (Å²) >= 11 is 6.10. The molecule has 0 spiro atoms. The van der Waals surface area contributed by atoms with Gasteiger partial charge >= 0.3 is 0 Å². The molecule has 1 saturated heterocycles. The average Bonchev–Trinajstić information content (AvgIpc) is 2.91. The molecule has 2 aliphatic rings. The van der Waals surface area contributed by atoms with Crippen LogP contribution in [0, 0.1) is 0 Å². The maximum absolute atomic E-state index is 12.8. The number of carbonyl (C=O) groups is 1. The summed E-state index contributed by atoms with van der Waals surface area (Å²) in [6.07, 6.45) is 0. The number of fused-ring (bicyclic) bond motifs is 1. The summed E-state index contributed by atoms with van der Waals surface area (Å²) in [5.41, 5.74) is 2.49. The van der Waals surface area contributed by atoms with Crippen molar-refractivity contribution < 1.29 is 19.4 Å². The van der Waals surface area contributed by atoms with Crippen LogP contribution in [-0.4, -0.2) is 54.9 Å². The van der Waals surface area contributed by atoms with Crippen molar-refractivity contribution in [3.05, 3.63) is 47.0 Å². The number of phenols is 1. The maximum Gasteiger partial charge on any atom is 0.242 e. The highest BCUT2D eigenvalue weighted by atomic mass is 35.5. The zero-order valence-electron chi connectivity index (χ0n) is 14.8. The van der Waals surface area contributed by atoms with E-state index in [-0.39, 0.29) is 17.7 Å². The molecule has 0 aliphatic carbocycles.